The maximum Gasteiger partial charge on any atom is 0.326 e. The van der Waals surface area contributed by atoms with E-state index >= 15 is 0 Å². The predicted octanol–water partition coefficient (Wildman–Crippen LogP) is 2.08. The van der Waals surface area contributed by atoms with Gasteiger partial charge in [-0.3, -0.25) is 0 Å². The summed E-state index contributed by atoms with van der Waals surface area (Å²) in [4.78, 5) is 22.8. The molecule has 21 heavy (non-hydrogen) atoms. The van der Waals surface area contributed by atoms with Crippen molar-refractivity contribution in [3.05, 3.63) is 29.8 Å². The van der Waals surface area contributed by atoms with E-state index in [0.29, 0.717) is 24.3 Å². The molecule has 6 nitrogen and oxygen atoms in total. The van der Waals surface area contributed by atoms with Crippen LogP contribution in [0.15, 0.2) is 24.3 Å². The van der Waals surface area contributed by atoms with Crippen molar-refractivity contribution in [1.82, 2.24) is 5.32 Å². The number of nitriles is 1. The normalized spacial score (nSPS) is 11.2. The van der Waals surface area contributed by atoms with Gasteiger partial charge in [0, 0.05) is 5.69 Å². The van der Waals surface area contributed by atoms with Gasteiger partial charge in [-0.25, -0.2) is 9.59 Å². The second-order valence-corrected chi connectivity index (χ2v) is 5.29. The summed E-state index contributed by atoms with van der Waals surface area (Å²) >= 11 is 1.52. The number of rotatable bonds is 7. The van der Waals surface area contributed by atoms with Gasteiger partial charge in [0.25, 0.3) is 0 Å². The van der Waals surface area contributed by atoms with E-state index in [2.05, 4.69) is 10.6 Å². The molecule has 0 heterocycles. The Morgan fingerprint density at radius 1 is 1.38 bits per heavy atom. The Kier molecular flexibility index (Phi) is 7.12. The molecule has 0 aliphatic carbocycles. The van der Waals surface area contributed by atoms with E-state index in [1.165, 1.54) is 11.8 Å². The summed E-state index contributed by atoms with van der Waals surface area (Å²) in [6, 6.07) is 7.39. The molecule has 7 heteroatoms. The fraction of sp³-hybridized carbons (Fsp3) is 0.357. The van der Waals surface area contributed by atoms with E-state index in [-0.39, 0.29) is 0 Å². The summed E-state index contributed by atoms with van der Waals surface area (Å²) in [5.41, 5.74) is 1.40. The Labute approximate surface area is 127 Å². The van der Waals surface area contributed by atoms with Crippen molar-refractivity contribution in [2.24, 2.45) is 0 Å². The standard InChI is InChI=1S/C14H17N3O3S/c1-21-9-7-12(13(18)19)17-14(20)16-11-4-2-10(3-5-11)6-8-15/h2-5,12H,6-7,9H2,1H3,(H,18,19)(H2,16,17,20)/t12-/m1/s1. The van der Waals surface area contributed by atoms with Crippen LogP contribution in [-0.4, -0.2) is 35.2 Å². The lowest BCUT2D eigenvalue weighted by atomic mass is 10.1. The lowest BCUT2D eigenvalue weighted by molar-refractivity contribution is -0.139. The van der Waals surface area contributed by atoms with Crippen molar-refractivity contribution in [2.75, 3.05) is 17.3 Å². The van der Waals surface area contributed by atoms with E-state index in [1.807, 2.05) is 12.3 Å². The average molecular weight is 307 g/mol. The van der Waals surface area contributed by atoms with E-state index in [9.17, 15) is 9.59 Å². The van der Waals surface area contributed by atoms with Gasteiger partial charge in [-0.05, 0) is 36.1 Å². The first-order valence-corrected chi connectivity index (χ1v) is 7.71. The molecule has 2 amide bonds. The molecule has 112 valence electrons. The van der Waals surface area contributed by atoms with Gasteiger partial charge in [0.15, 0.2) is 0 Å². The number of nitrogens with one attached hydrogen (secondary N) is 2. The van der Waals surface area contributed by atoms with Gasteiger partial charge in [-0.15, -0.1) is 0 Å². The molecule has 0 unspecified atom stereocenters. The second kappa shape index (κ2) is 8.87. The van der Waals surface area contributed by atoms with E-state index in [0.717, 1.165) is 5.56 Å². The Balaban J connectivity index is 2.55. The molecular formula is C14H17N3O3S. The van der Waals surface area contributed by atoms with E-state index < -0.39 is 18.0 Å². The summed E-state index contributed by atoms with van der Waals surface area (Å²) in [7, 11) is 0. The molecule has 0 radical (unpaired) electrons. The van der Waals surface area contributed by atoms with Crippen LogP contribution in [0.2, 0.25) is 0 Å². The minimum Gasteiger partial charge on any atom is -0.480 e. The Morgan fingerprint density at radius 3 is 2.57 bits per heavy atom. The number of anilines is 1. The van der Waals surface area contributed by atoms with Crippen LogP contribution in [0.4, 0.5) is 10.5 Å². The first-order valence-electron chi connectivity index (χ1n) is 6.32. The molecule has 0 saturated heterocycles. The van der Waals surface area contributed by atoms with Crippen LogP contribution in [0.5, 0.6) is 0 Å². The molecule has 1 aromatic rings. The molecule has 1 aromatic carbocycles. The largest absolute Gasteiger partial charge is 0.480 e. The van der Waals surface area contributed by atoms with Gasteiger partial charge in [0.1, 0.15) is 6.04 Å². The monoisotopic (exact) mass is 307 g/mol. The SMILES string of the molecule is CSCC[C@@H](NC(=O)Nc1ccc(CC#N)cc1)C(=O)O. The highest BCUT2D eigenvalue weighted by atomic mass is 32.2. The third kappa shape index (κ3) is 6.19. The summed E-state index contributed by atoms with van der Waals surface area (Å²) in [5.74, 6) is -0.399. The number of hydrogen-bond donors (Lipinski definition) is 3. The van der Waals surface area contributed by atoms with Crippen LogP contribution >= 0.6 is 11.8 Å². The number of aliphatic carboxylic acids is 1. The molecule has 1 atom stereocenters. The van der Waals surface area contributed by atoms with Crippen LogP contribution in [0, 0.1) is 11.3 Å². The topological polar surface area (TPSA) is 102 Å². The zero-order valence-electron chi connectivity index (χ0n) is 11.6. The number of urea groups is 1. The molecular weight excluding hydrogens is 290 g/mol. The molecule has 0 saturated carbocycles. The number of carboxylic acids is 1. The molecule has 0 aliphatic rings. The van der Waals surface area contributed by atoms with Gasteiger partial charge in [-0.1, -0.05) is 12.1 Å². The van der Waals surface area contributed by atoms with Gasteiger partial charge >= 0.3 is 12.0 Å². The minimum atomic E-state index is -1.05. The first-order chi connectivity index (χ1) is 10.1. The Hall–Kier alpha value is -2.20. The number of thioether (sulfide) groups is 1. The van der Waals surface area contributed by atoms with Crippen LogP contribution in [0.1, 0.15) is 12.0 Å². The van der Waals surface area contributed by atoms with Crippen LogP contribution in [-0.2, 0) is 11.2 Å². The van der Waals surface area contributed by atoms with Gasteiger partial charge in [-0.2, -0.15) is 17.0 Å². The number of carbonyl (C=O) groups is 2. The zero-order chi connectivity index (χ0) is 15.7. The highest BCUT2D eigenvalue weighted by molar-refractivity contribution is 7.98. The maximum atomic E-state index is 11.8. The average Bonchev–Trinajstić information content (AvgIpc) is 2.45. The lowest BCUT2D eigenvalue weighted by Gasteiger charge is -2.14. The quantitative estimate of drug-likeness (QED) is 0.715. The molecule has 3 N–H and O–H groups in total. The maximum absolute atomic E-state index is 11.8. The number of hydrogen-bond acceptors (Lipinski definition) is 4. The number of carbonyl (C=O) groups excluding carboxylic acids is 1. The third-order valence-corrected chi connectivity index (χ3v) is 3.35. The number of benzene rings is 1. The molecule has 0 aliphatic heterocycles. The van der Waals surface area contributed by atoms with Crippen molar-refractivity contribution in [3.63, 3.8) is 0 Å². The highest BCUT2D eigenvalue weighted by Gasteiger charge is 2.19. The van der Waals surface area contributed by atoms with Crippen molar-refractivity contribution in [3.8, 4) is 6.07 Å². The number of carboxylic acid groups (broad SMARTS) is 1. The Bertz CT molecular complexity index is 525. The molecule has 0 spiro atoms. The van der Waals surface area contributed by atoms with Gasteiger partial charge in [0.05, 0.1) is 12.5 Å². The van der Waals surface area contributed by atoms with Crippen molar-refractivity contribution < 1.29 is 14.7 Å². The molecule has 0 aromatic heterocycles. The number of nitrogens with zero attached hydrogens (tertiary/aromatic N) is 1. The highest BCUT2D eigenvalue weighted by Crippen LogP contribution is 2.10. The van der Waals surface area contributed by atoms with Gasteiger partial charge in [0.2, 0.25) is 0 Å². The number of amides is 2. The van der Waals surface area contributed by atoms with Gasteiger partial charge < -0.3 is 15.7 Å². The molecule has 1 rings (SSSR count). The molecule has 0 bridgehead atoms. The molecule has 0 fully saturated rings. The smallest absolute Gasteiger partial charge is 0.326 e. The zero-order valence-corrected chi connectivity index (χ0v) is 12.4. The fourth-order valence-corrected chi connectivity index (χ4v) is 2.09. The van der Waals surface area contributed by atoms with Crippen LogP contribution < -0.4 is 10.6 Å². The summed E-state index contributed by atoms with van der Waals surface area (Å²) in [6.45, 7) is 0. The summed E-state index contributed by atoms with van der Waals surface area (Å²) in [5, 5.41) is 22.6. The Morgan fingerprint density at radius 2 is 2.05 bits per heavy atom. The fourth-order valence-electron chi connectivity index (χ4n) is 1.62. The van der Waals surface area contributed by atoms with E-state index in [1.54, 1.807) is 24.3 Å². The minimum absolute atomic E-state index is 0.308. The van der Waals surface area contributed by atoms with Crippen molar-refractivity contribution in [1.29, 1.82) is 5.26 Å². The predicted molar refractivity (Wildman–Crippen MR) is 82.3 cm³/mol. The summed E-state index contributed by atoms with van der Waals surface area (Å²) in [6.07, 6.45) is 2.55. The first kappa shape index (κ1) is 16.9. The summed E-state index contributed by atoms with van der Waals surface area (Å²) < 4.78 is 0. The van der Waals surface area contributed by atoms with Crippen LogP contribution in [0.3, 0.4) is 0 Å². The van der Waals surface area contributed by atoms with Crippen LogP contribution in [0.25, 0.3) is 0 Å². The van der Waals surface area contributed by atoms with E-state index in [4.69, 9.17) is 10.4 Å². The van der Waals surface area contributed by atoms with Crippen molar-refractivity contribution in [2.45, 2.75) is 18.9 Å². The lowest BCUT2D eigenvalue weighted by Crippen LogP contribution is -2.43. The third-order valence-electron chi connectivity index (χ3n) is 2.71. The second-order valence-electron chi connectivity index (χ2n) is 4.30. The van der Waals surface area contributed by atoms with Crippen molar-refractivity contribution >= 4 is 29.4 Å².